The first-order valence-corrected chi connectivity index (χ1v) is 8.04. The van der Waals surface area contributed by atoms with E-state index in [1.807, 2.05) is 30.5 Å². The van der Waals surface area contributed by atoms with Crippen molar-refractivity contribution in [3.05, 3.63) is 44.6 Å². The molecule has 108 valence electrons. The molecule has 0 spiro atoms. The zero-order valence-corrected chi connectivity index (χ0v) is 14.0. The van der Waals surface area contributed by atoms with E-state index < -0.39 is 0 Å². The predicted molar refractivity (Wildman–Crippen MR) is 86.7 cm³/mol. The minimum absolute atomic E-state index is 0.134. The molecule has 0 bridgehead atoms. The number of methoxy groups -OCH3 is 1. The van der Waals surface area contributed by atoms with Gasteiger partial charge in [0.25, 0.3) is 0 Å². The summed E-state index contributed by atoms with van der Waals surface area (Å²) in [7, 11) is 1.65. The molecule has 0 aliphatic carbocycles. The number of nitrogens with two attached hydrogens (primary N) is 1. The summed E-state index contributed by atoms with van der Waals surface area (Å²) in [5.74, 6) is 1.50. The molecule has 5 heteroatoms. The van der Waals surface area contributed by atoms with E-state index in [9.17, 15) is 0 Å². The fourth-order valence-electron chi connectivity index (χ4n) is 1.91. The van der Waals surface area contributed by atoms with E-state index in [4.69, 9.17) is 15.2 Å². The lowest BCUT2D eigenvalue weighted by Crippen LogP contribution is -2.17. The number of hydrogen-bond acceptors (Lipinski definition) is 4. The molecule has 1 aromatic carbocycles. The zero-order valence-electron chi connectivity index (χ0n) is 11.6. The highest BCUT2D eigenvalue weighted by atomic mass is 79.9. The van der Waals surface area contributed by atoms with Crippen LogP contribution in [0.4, 0.5) is 0 Å². The SMILES string of the molecule is COc1cc(CC(C)N)ccc1OCc1cc(Br)cs1. The first-order chi connectivity index (χ1) is 9.58. The van der Waals surface area contributed by atoms with Crippen LogP contribution >= 0.6 is 27.3 Å². The van der Waals surface area contributed by atoms with E-state index in [-0.39, 0.29) is 6.04 Å². The van der Waals surface area contributed by atoms with Gasteiger partial charge in [0.1, 0.15) is 6.61 Å². The fraction of sp³-hybridized carbons (Fsp3) is 0.333. The van der Waals surface area contributed by atoms with E-state index in [1.165, 1.54) is 4.88 Å². The van der Waals surface area contributed by atoms with Crippen molar-refractivity contribution in [1.29, 1.82) is 0 Å². The smallest absolute Gasteiger partial charge is 0.161 e. The summed E-state index contributed by atoms with van der Waals surface area (Å²) in [5.41, 5.74) is 6.97. The Hall–Kier alpha value is -1.04. The van der Waals surface area contributed by atoms with Gasteiger partial charge in [-0.15, -0.1) is 11.3 Å². The Morgan fingerprint density at radius 3 is 2.70 bits per heavy atom. The standard InChI is InChI=1S/C15H18BrNO2S/c1-10(17)5-11-3-4-14(15(6-11)18-2)19-8-13-7-12(16)9-20-13/h3-4,6-7,9-10H,5,8,17H2,1-2H3. The monoisotopic (exact) mass is 355 g/mol. The van der Waals surface area contributed by atoms with E-state index in [0.29, 0.717) is 6.61 Å². The molecule has 20 heavy (non-hydrogen) atoms. The Kier molecular flexibility index (Phi) is 5.46. The van der Waals surface area contributed by atoms with Gasteiger partial charge in [0.15, 0.2) is 11.5 Å². The molecule has 2 rings (SSSR count). The Bertz CT molecular complexity index is 569. The predicted octanol–water partition coefficient (Wildman–Crippen LogP) is 3.99. The summed E-state index contributed by atoms with van der Waals surface area (Å²) < 4.78 is 12.3. The zero-order chi connectivity index (χ0) is 14.5. The summed E-state index contributed by atoms with van der Waals surface area (Å²) in [6.07, 6.45) is 0.828. The average Bonchev–Trinajstić information content (AvgIpc) is 2.82. The lowest BCUT2D eigenvalue weighted by atomic mass is 10.1. The minimum atomic E-state index is 0.134. The highest BCUT2D eigenvalue weighted by Gasteiger charge is 2.08. The van der Waals surface area contributed by atoms with Crippen LogP contribution in [0.3, 0.4) is 0 Å². The quantitative estimate of drug-likeness (QED) is 0.851. The number of halogens is 1. The molecule has 1 atom stereocenters. The van der Waals surface area contributed by atoms with Gasteiger partial charge in [-0.25, -0.2) is 0 Å². The Balaban J connectivity index is 2.07. The normalized spacial score (nSPS) is 12.2. The number of benzene rings is 1. The topological polar surface area (TPSA) is 44.5 Å². The minimum Gasteiger partial charge on any atom is -0.493 e. The maximum absolute atomic E-state index is 5.82. The molecule has 3 nitrogen and oxygen atoms in total. The van der Waals surface area contributed by atoms with Gasteiger partial charge in [-0.3, -0.25) is 0 Å². The molecule has 0 saturated carbocycles. The maximum Gasteiger partial charge on any atom is 0.161 e. The van der Waals surface area contributed by atoms with Crippen LogP contribution in [-0.2, 0) is 13.0 Å². The first-order valence-electron chi connectivity index (χ1n) is 6.36. The summed E-state index contributed by atoms with van der Waals surface area (Å²) in [5, 5.41) is 2.04. The fourth-order valence-corrected chi connectivity index (χ4v) is 3.27. The van der Waals surface area contributed by atoms with Gasteiger partial charge in [0, 0.05) is 20.8 Å². The highest BCUT2D eigenvalue weighted by Crippen LogP contribution is 2.30. The van der Waals surface area contributed by atoms with Crippen molar-refractivity contribution in [2.24, 2.45) is 5.73 Å². The van der Waals surface area contributed by atoms with Crippen LogP contribution < -0.4 is 15.2 Å². The molecule has 1 heterocycles. The lowest BCUT2D eigenvalue weighted by molar-refractivity contribution is 0.287. The molecule has 0 saturated heterocycles. The number of rotatable bonds is 6. The molecular formula is C15H18BrNO2S. The lowest BCUT2D eigenvalue weighted by Gasteiger charge is -2.12. The van der Waals surface area contributed by atoms with Gasteiger partial charge in [-0.05, 0) is 53.0 Å². The first kappa shape index (κ1) is 15.4. The molecule has 2 N–H and O–H groups in total. The van der Waals surface area contributed by atoms with Crippen LogP contribution in [0.1, 0.15) is 17.4 Å². The second kappa shape index (κ2) is 7.11. The number of hydrogen-bond donors (Lipinski definition) is 1. The molecule has 0 fully saturated rings. The molecule has 2 aromatic rings. The van der Waals surface area contributed by atoms with Gasteiger partial charge in [-0.1, -0.05) is 6.07 Å². The van der Waals surface area contributed by atoms with Gasteiger partial charge < -0.3 is 15.2 Å². The second-order valence-electron chi connectivity index (χ2n) is 4.69. The van der Waals surface area contributed by atoms with E-state index in [0.717, 1.165) is 28.0 Å². The van der Waals surface area contributed by atoms with Crippen LogP contribution in [0.5, 0.6) is 11.5 Å². The van der Waals surface area contributed by atoms with Gasteiger partial charge in [-0.2, -0.15) is 0 Å². The van der Waals surface area contributed by atoms with Gasteiger partial charge >= 0.3 is 0 Å². The van der Waals surface area contributed by atoms with Crippen LogP contribution in [0, 0.1) is 0 Å². The van der Waals surface area contributed by atoms with Crippen molar-refractivity contribution in [2.75, 3.05) is 7.11 Å². The molecular weight excluding hydrogens is 338 g/mol. The Morgan fingerprint density at radius 1 is 1.30 bits per heavy atom. The van der Waals surface area contributed by atoms with E-state index in [1.54, 1.807) is 18.4 Å². The average molecular weight is 356 g/mol. The summed E-state index contributed by atoms with van der Waals surface area (Å²) in [6.45, 7) is 2.53. The van der Waals surface area contributed by atoms with Crippen molar-refractivity contribution in [3.63, 3.8) is 0 Å². The van der Waals surface area contributed by atoms with Crippen LogP contribution in [0.25, 0.3) is 0 Å². The van der Waals surface area contributed by atoms with Crippen molar-refractivity contribution < 1.29 is 9.47 Å². The maximum atomic E-state index is 5.82. The van der Waals surface area contributed by atoms with Crippen LogP contribution in [0.2, 0.25) is 0 Å². The summed E-state index contributed by atoms with van der Waals surface area (Å²) in [4.78, 5) is 1.17. The molecule has 1 unspecified atom stereocenters. The molecule has 0 aliphatic heterocycles. The summed E-state index contributed by atoms with van der Waals surface area (Å²) >= 11 is 5.10. The molecule has 0 radical (unpaired) electrons. The van der Waals surface area contributed by atoms with Gasteiger partial charge in [0.2, 0.25) is 0 Å². The van der Waals surface area contributed by atoms with Gasteiger partial charge in [0.05, 0.1) is 7.11 Å². The third-order valence-electron chi connectivity index (χ3n) is 2.78. The number of ether oxygens (including phenoxy) is 2. The molecule has 0 amide bonds. The van der Waals surface area contributed by atoms with Crippen molar-refractivity contribution in [1.82, 2.24) is 0 Å². The van der Waals surface area contributed by atoms with E-state index in [2.05, 4.69) is 22.0 Å². The largest absolute Gasteiger partial charge is 0.493 e. The molecule has 0 aliphatic rings. The van der Waals surface area contributed by atoms with Crippen LogP contribution in [-0.4, -0.2) is 13.2 Å². The van der Waals surface area contributed by atoms with Crippen molar-refractivity contribution in [2.45, 2.75) is 26.0 Å². The number of thiophene rings is 1. The van der Waals surface area contributed by atoms with Crippen molar-refractivity contribution >= 4 is 27.3 Å². The second-order valence-corrected chi connectivity index (χ2v) is 6.60. The summed E-state index contributed by atoms with van der Waals surface area (Å²) in [6, 6.07) is 8.16. The third-order valence-corrected chi connectivity index (χ3v) is 4.45. The van der Waals surface area contributed by atoms with Crippen molar-refractivity contribution in [3.8, 4) is 11.5 Å². The Labute approximate surface area is 131 Å². The molecule has 1 aromatic heterocycles. The van der Waals surface area contributed by atoms with E-state index >= 15 is 0 Å². The van der Waals surface area contributed by atoms with Crippen LogP contribution in [0.15, 0.2) is 34.1 Å². The Morgan fingerprint density at radius 2 is 2.10 bits per heavy atom. The third kappa shape index (κ3) is 4.23. The highest BCUT2D eigenvalue weighted by molar-refractivity contribution is 9.10.